The van der Waals surface area contributed by atoms with Gasteiger partial charge in [0.2, 0.25) is 0 Å². The molecule has 9 nitrogen and oxygen atoms in total. The second-order valence-electron chi connectivity index (χ2n) is 9.08. The van der Waals surface area contributed by atoms with Gasteiger partial charge in [-0.15, -0.1) is 0 Å². The molecule has 2 aliphatic heterocycles. The SMILES string of the molecule is Cc1cccnc1CN1CCC2(NC(=O)N(c3ccc(-c4ccccc4)cc3)C2=O)C(OC(=O)O)C1. The Morgan fingerprint density at radius 1 is 1.08 bits per heavy atom. The Hall–Kier alpha value is -4.24. The lowest BCUT2D eigenvalue weighted by Crippen LogP contribution is -2.65. The number of aryl methyl sites for hydroxylation is 1. The number of piperidine rings is 1. The van der Waals surface area contributed by atoms with Crippen molar-refractivity contribution in [1.29, 1.82) is 0 Å². The summed E-state index contributed by atoms with van der Waals surface area (Å²) in [6.45, 7) is 3.05. The highest BCUT2D eigenvalue weighted by molar-refractivity contribution is 6.23. The molecular weight excluding hydrogens is 460 g/mol. The molecule has 2 N–H and O–H groups in total. The zero-order valence-electron chi connectivity index (χ0n) is 19.8. The molecule has 2 atom stereocenters. The second kappa shape index (κ2) is 9.43. The number of imide groups is 1. The summed E-state index contributed by atoms with van der Waals surface area (Å²) in [6.07, 6.45) is -0.651. The molecule has 0 bridgehead atoms. The van der Waals surface area contributed by atoms with Gasteiger partial charge >= 0.3 is 12.2 Å². The molecule has 2 unspecified atom stereocenters. The molecule has 2 fully saturated rings. The third-order valence-corrected chi connectivity index (χ3v) is 6.88. The molecule has 3 heterocycles. The molecular formula is C27H26N4O5. The highest BCUT2D eigenvalue weighted by Crippen LogP contribution is 2.35. The third kappa shape index (κ3) is 4.29. The maximum absolute atomic E-state index is 13.7. The van der Waals surface area contributed by atoms with E-state index in [0.717, 1.165) is 27.3 Å². The van der Waals surface area contributed by atoms with Crippen LogP contribution in [0.1, 0.15) is 17.7 Å². The summed E-state index contributed by atoms with van der Waals surface area (Å²) >= 11 is 0. The molecule has 2 aromatic carbocycles. The fourth-order valence-corrected chi connectivity index (χ4v) is 4.92. The van der Waals surface area contributed by atoms with Crippen LogP contribution in [0.25, 0.3) is 11.1 Å². The number of carbonyl (C=O) groups excluding carboxylic acids is 2. The predicted octanol–water partition coefficient (Wildman–Crippen LogP) is 3.82. The first-order chi connectivity index (χ1) is 17.4. The first kappa shape index (κ1) is 23.5. The van der Waals surface area contributed by atoms with Crippen molar-refractivity contribution in [3.05, 3.63) is 84.2 Å². The lowest BCUT2D eigenvalue weighted by Gasteiger charge is -2.42. The Balaban J connectivity index is 1.39. The Morgan fingerprint density at radius 2 is 1.81 bits per heavy atom. The van der Waals surface area contributed by atoms with Gasteiger partial charge < -0.3 is 15.2 Å². The number of pyridine rings is 1. The van der Waals surface area contributed by atoms with Crippen molar-refractivity contribution in [1.82, 2.24) is 15.2 Å². The van der Waals surface area contributed by atoms with Gasteiger partial charge in [-0.1, -0.05) is 48.5 Å². The van der Waals surface area contributed by atoms with Gasteiger partial charge in [-0.2, -0.15) is 0 Å². The number of urea groups is 1. The summed E-state index contributed by atoms with van der Waals surface area (Å²) in [5, 5.41) is 12.2. The van der Waals surface area contributed by atoms with Crippen molar-refractivity contribution < 1.29 is 24.2 Å². The van der Waals surface area contributed by atoms with Crippen LogP contribution in [-0.4, -0.2) is 57.8 Å². The highest BCUT2D eigenvalue weighted by atomic mass is 16.7. The van der Waals surface area contributed by atoms with E-state index < -0.39 is 29.7 Å². The largest absolute Gasteiger partial charge is 0.506 e. The quantitative estimate of drug-likeness (QED) is 0.416. The zero-order valence-corrected chi connectivity index (χ0v) is 19.8. The number of carboxylic acid groups (broad SMARTS) is 1. The van der Waals surface area contributed by atoms with Crippen molar-refractivity contribution in [2.45, 2.75) is 31.5 Å². The Morgan fingerprint density at radius 3 is 2.50 bits per heavy atom. The number of anilines is 1. The van der Waals surface area contributed by atoms with Gasteiger partial charge in [-0.25, -0.2) is 14.5 Å². The molecule has 0 saturated carbocycles. The number of nitrogens with zero attached hydrogens (tertiary/aromatic N) is 3. The van der Waals surface area contributed by atoms with Crippen molar-refractivity contribution in [2.24, 2.45) is 0 Å². The molecule has 0 aliphatic carbocycles. The minimum atomic E-state index is -1.50. The first-order valence-electron chi connectivity index (χ1n) is 11.7. The van der Waals surface area contributed by atoms with E-state index in [1.54, 1.807) is 18.3 Å². The van der Waals surface area contributed by atoms with Gasteiger partial charge in [-0.05, 0) is 48.2 Å². The number of carbonyl (C=O) groups is 3. The fourth-order valence-electron chi connectivity index (χ4n) is 4.92. The van der Waals surface area contributed by atoms with E-state index in [1.807, 2.05) is 66.4 Å². The lowest BCUT2D eigenvalue weighted by atomic mass is 9.84. The van der Waals surface area contributed by atoms with Crippen LogP contribution in [-0.2, 0) is 16.1 Å². The molecule has 5 rings (SSSR count). The summed E-state index contributed by atoms with van der Waals surface area (Å²) in [5.41, 5.74) is 2.79. The van der Waals surface area contributed by atoms with Crippen LogP contribution in [0.2, 0.25) is 0 Å². The van der Waals surface area contributed by atoms with Crippen LogP contribution in [0.3, 0.4) is 0 Å². The van der Waals surface area contributed by atoms with E-state index in [0.29, 0.717) is 18.8 Å². The van der Waals surface area contributed by atoms with Crippen molar-refractivity contribution in [3.8, 4) is 11.1 Å². The summed E-state index contributed by atoms with van der Waals surface area (Å²) < 4.78 is 5.20. The highest BCUT2D eigenvalue weighted by Gasteiger charge is 2.60. The normalized spacial score (nSPS) is 22.0. The van der Waals surface area contributed by atoms with Crippen LogP contribution in [0.5, 0.6) is 0 Å². The molecule has 3 aromatic rings. The number of benzene rings is 2. The summed E-state index contributed by atoms with van der Waals surface area (Å²) in [7, 11) is 0. The van der Waals surface area contributed by atoms with Crippen LogP contribution in [0.15, 0.2) is 72.9 Å². The minimum Gasteiger partial charge on any atom is -0.450 e. The monoisotopic (exact) mass is 486 g/mol. The first-order valence-corrected chi connectivity index (χ1v) is 11.7. The van der Waals surface area contributed by atoms with E-state index in [2.05, 4.69) is 10.3 Å². The Bertz CT molecular complexity index is 1300. The second-order valence-corrected chi connectivity index (χ2v) is 9.08. The molecule has 184 valence electrons. The molecule has 2 saturated heterocycles. The van der Waals surface area contributed by atoms with Gasteiger partial charge in [0, 0.05) is 25.8 Å². The average Bonchev–Trinajstić information content (AvgIpc) is 3.13. The van der Waals surface area contributed by atoms with Crippen molar-refractivity contribution in [2.75, 3.05) is 18.0 Å². The smallest absolute Gasteiger partial charge is 0.450 e. The van der Waals surface area contributed by atoms with Crippen molar-refractivity contribution >= 4 is 23.8 Å². The topological polar surface area (TPSA) is 112 Å². The fraction of sp³-hybridized carbons (Fsp3) is 0.259. The number of hydrogen-bond donors (Lipinski definition) is 2. The van der Waals surface area contributed by atoms with Gasteiger partial charge in [0.05, 0.1) is 11.4 Å². The van der Waals surface area contributed by atoms with E-state index in [-0.39, 0.29) is 13.0 Å². The summed E-state index contributed by atoms with van der Waals surface area (Å²) in [5.74, 6) is -0.514. The van der Waals surface area contributed by atoms with E-state index >= 15 is 0 Å². The number of hydrogen-bond acceptors (Lipinski definition) is 6. The number of aromatic nitrogens is 1. The Kier molecular flexibility index (Phi) is 6.15. The number of amides is 3. The summed E-state index contributed by atoms with van der Waals surface area (Å²) in [4.78, 5) is 45.8. The number of ether oxygens (including phenoxy) is 1. The van der Waals surface area contributed by atoms with Gasteiger partial charge in [-0.3, -0.25) is 14.7 Å². The molecule has 3 amide bonds. The third-order valence-electron chi connectivity index (χ3n) is 6.88. The Labute approximate surface area is 208 Å². The van der Waals surface area contributed by atoms with E-state index in [4.69, 9.17) is 4.74 Å². The molecule has 0 radical (unpaired) electrons. The van der Waals surface area contributed by atoms with Gasteiger partial charge in [0.1, 0.15) is 0 Å². The number of likely N-dealkylation sites (tertiary alicyclic amines) is 1. The van der Waals surface area contributed by atoms with Gasteiger partial charge in [0.25, 0.3) is 5.91 Å². The standard InChI is InChI=1S/C27H26N4O5/c1-18-6-5-14-28-22(18)16-30-15-13-27(23(17-30)36-26(34)35)24(32)31(25(33)29-27)21-11-9-20(10-12-21)19-7-3-2-4-8-19/h2-12,14,23H,13,15-17H2,1H3,(H,29,33)(H,34,35). The molecule has 9 heteroatoms. The predicted molar refractivity (Wildman–Crippen MR) is 132 cm³/mol. The maximum atomic E-state index is 13.7. The number of rotatable bonds is 5. The molecule has 36 heavy (non-hydrogen) atoms. The van der Waals surface area contributed by atoms with Crippen LogP contribution in [0.4, 0.5) is 15.3 Å². The van der Waals surface area contributed by atoms with Crippen LogP contribution in [0, 0.1) is 6.92 Å². The number of nitrogens with one attached hydrogen (secondary N) is 1. The zero-order chi connectivity index (χ0) is 25.3. The van der Waals surface area contributed by atoms with Crippen molar-refractivity contribution in [3.63, 3.8) is 0 Å². The molecule has 1 spiro atoms. The minimum absolute atomic E-state index is 0.148. The molecule has 2 aliphatic rings. The lowest BCUT2D eigenvalue weighted by molar-refractivity contribution is -0.131. The van der Waals surface area contributed by atoms with Gasteiger partial charge in [0.15, 0.2) is 11.6 Å². The maximum Gasteiger partial charge on any atom is 0.506 e. The van der Waals surface area contributed by atoms with E-state index in [1.165, 1.54) is 0 Å². The molecule has 1 aromatic heterocycles. The average molecular weight is 487 g/mol. The van der Waals surface area contributed by atoms with Crippen LogP contribution >= 0.6 is 0 Å². The van der Waals surface area contributed by atoms with Crippen LogP contribution < -0.4 is 10.2 Å². The summed E-state index contributed by atoms with van der Waals surface area (Å²) in [6, 6.07) is 20.1. The van der Waals surface area contributed by atoms with E-state index in [9.17, 15) is 19.5 Å².